The number of fused-ring (bicyclic) bond motifs is 1. The molecule has 5 aromatic rings. The Balaban J connectivity index is 1.66. The Hall–Kier alpha value is -4.84. The van der Waals surface area contributed by atoms with Crippen LogP contribution >= 0.6 is 22.9 Å². The third-order valence-corrected chi connectivity index (χ3v) is 8.43. The van der Waals surface area contributed by atoms with Crippen molar-refractivity contribution in [1.82, 2.24) is 15.0 Å². The summed E-state index contributed by atoms with van der Waals surface area (Å²) in [6, 6.07) is 13.1. The number of hydrogen-bond donors (Lipinski definition) is 2. The van der Waals surface area contributed by atoms with Gasteiger partial charge >= 0.3 is 6.01 Å². The molecule has 12 heteroatoms. The standard InChI is InChI=1S/C29H21ClFN7O2S/c1-4-38-17(10-14-8-9-35-19(33)11-14)13(2)40-26-22-25(36-29(39-3)37-28(22)38)24(31)21(23(26)30)15-6-5-7-18-20(15)16(12-32)27(34)41-18/h1,5-9,11,13,17H,10,34H2,2-3H3,(H2,33,35). The molecule has 9 nitrogen and oxygen atoms in total. The number of hydrogen-bond acceptors (Lipinski definition) is 10. The van der Waals surface area contributed by atoms with E-state index in [2.05, 4.69) is 27.1 Å². The normalized spacial score (nSPS) is 16.2. The van der Waals surface area contributed by atoms with Crippen molar-refractivity contribution in [2.45, 2.75) is 25.5 Å². The highest BCUT2D eigenvalue weighted by molar-refractivity contribution is 7.23. The second-order valence-electron chi connectivity index (χ2n) is 9.40. The van der Waals surface area contributed by atoms with Crippen LogP contribution in [0.5, 0.6) is 11.8 Å². The molecule has 2 aromatic carbocycles. The second kappa shape index (κ2) is 9.97. The molecule has 4 N–H and O–H groups in total. The Labute approximate surface area is 243 Å². The predicted molar refractivity (Wildman–Crippen MR) is 159 cm³/mol. The molecule has 0 saturated heterocycles. The molecule has 0 bridgehead atoms. The molecular formula is C29H21ClFN7O2S. The van der Waals surface area contributed by atoms with Crippen LogP contribution in [-0.4, -0.2) is 34.2 Å². The predicted octanol–water partition coefficient (Wildman–Crippen LogP) is 5.53. The number of rotatable bonds is 4. The first kappa shape index (κ1) is 26.4. The van der Waals surface area contributed by atoms with Crippen molar-refractivity contribution in [3.8, 4) is 41.4 Å². The number of aromatic nitrogens is 3. The Morgan fingerprint density at radius 1 is 1.27 bits per heavy atom. The largest absolute Gasteiger partial charge is 0.486 e. The van der Waals surface area contributed by atoms with Crippen molar-refractivity contribution in [2.75, 3.05) is 23.5 Å². The molecular weight excluding hydrogens is 565 g/mol. The van der Waals surface area contributed by atoms with Crippen LogP contribution in [0.25, 0.3) is 32.1 Å². The quantitative estimate of drug-likeness (QED) is 0.261. The molecule has 204 valence electrons. The first-order chi connectivity index (χ1) is 19.8. The Bertz CT molecular complexity index is 1970. The summed E-state index contributed by atoms with van der Waals surface area (Å²) in [4.78, 5) is 14.5. The van der Waals surface area contributed by atoms with Crippen LogP contribution < -0.4 is 25.8 Å². The van der Waals surface area contributed by atoms with Gasteiger partial charge in [-0.15, -0.1) is 11.3 Å². The maximum atomic E-state index is 16.7. The fourth-order valence-corrected chi connectivity index (χ4v) is 6.51. The maximum Gasteiger partial charge on any atom is 0.318 e. The maximum absolute atomic E-state index is 16.7. The minimum Gasteiger partial charge on any atom is -0.486 e. The van der Waals surface area contributed by atoms with Crippen LogP contribution in [0, 0.1) is 29.6 Å². The van der Waals surface area contributed by atoms with E-state index in [0.717, 1.165) is 5.56 Å². The van der Waals surface area contributed by atoms with Crippen LogP contribution in [0.1, 0.15) is 18.1 Å². The van der Waals surface area contributed by atoms with E-state index >= 15 is 4.39 Å². The van der Waals surface area contributed by atoms with Crippen LogP contribution in [-0.2, 0) is 6.42 Å². The Kier molecular flexibility index (Phi) is 6.41. The molecule has 0 aliphatic carbocycles. The molecule has 2 atom stereocenters. The van der Waals surface area contributed by atoms with Gasteiger partial charge in [-0.3, -0.25) is 4.90 Å². The number of nitrogens with zero attached hydrogens (tertiary/aromatic N) is 5. The first-order valence-electron chi connectivity index (χ1n) is 12.4. The first-order valence-corrected chi connectivity index (χ1v) is 13.6. The van der Waals surface area contributed by atoms with E-state index < -0.39 is 18.0 Å². The van der Waals surface area contributed by atoms with Crippen molar-refractivity contribution in [3.05, 3.63) is 58.5 Å². The number of anilines is 3. The lowest BCUT2D eigenvalue weighted by Crippen LogP contribution is -2.43. The molecule has 0 radical (unpaired) electrons. The number of nitrogens with two attached hydrogens (primary N) is 2. The SMILES string of the molecule is C#CN1c2nc(OC)nc3c(F)c(-c4cccc5sc(N)c(C#N)c45)c(Cl)c(c23)OC(C)C1Cc1ccnc(N)c1. The highest BCUT2D eigenvalue weighted by Gasteiger charge is 2.37. The molecule has 3 aromatic heterocycles. The zero-order valence-corrected chi connectivity index (χ0v) is 23.3. The number of pyridine rings is 1. The fourth-order valence-electron chi connectivity index (χ4n) is 5.24. The Morgan fingerprint density at radius 2 is 2.07 bits per heavy atom. The lowest BCUT2D eigenvalue weighted by atomic mass is 9.96. The highest BCUT2D eigenvalue weighted by Crippen LogP contribution is 2.51. The lowest BCUT2D eigenvalue weighted by molar-refractivity contribution is 0.194. The van der Waals surface area contributed by atoms with E-state index in [1.165, 1.54) is 18.4 Å². The number of benzene rings is 2. The summed E-state index contributed by atoms with van der Waals surface area (Å²) in [5.74, 6) is -0.00535. The summed E-state index contributed by atoms with van der Waals surface area (Å²) in [6.07, 6.45) is 7.51. The summed E-state index contributed by atoms with van der Waals surface area (Å²) >= 11 is 8.25. The number of thiophene rings is 1. The van der Waals surface area contributed by atoms with Gasteiger partial charge in [-0.1, -0.05) is 30.2 Å². The van der Waals surface area contributed by atoms with Crippen molar-refractivity contribution < 1.29 is 13.9 Å². The van der Waals surface area contributed by atoms with Crippen LogP contribution in [0.2, 0.25) is 5.02 Å². The van der Waals surface area contributed by atoms with Crippen molar-refractivity contribution in [2.24, 2.45) is 0 Å². The molecule has 1 aliphatic rings. The van der Waals surface area contributed by atoms with Gasteiger partial charge in [-0.2, -0.15) is 15.2 Å². The molecule has 0 amide bonds. The van der Waals surface area contributed by atoms with Crippen molar-refractivity contribution in [1.29, 1.82) is 5.26 Å². The number of methoxy groups -OCH3 is 1. The number of terminal acetylenes is 1. The third-order valence-electron chi connectivity index (χ3n) is 7.08. The van der Waals surface area contributed by atoms with E-state index in [1.54, 1.807) is 29.3 Å². The number of ether oxygens (including phenoxy) is 2. The third kappa shape index (κ3) is 4.10. The van der Waals surface area contributed by atoms with Crippen LogP contribution in [0.3, 0.4) is 0 Å². The number of nitriles is 1. The smallest absolute Gasteiger partial charge is 0.318 e. The minimum absolute atomic E-state index is 0.0104. The van der Waals surface area contributed by atoms with Crippen molar-refractivity contribution in [3.63, 3.8) is 0 Å². The topological polar surface area (TPSA) is 136 Å². The highest BCUT2D eigenvalue weighted by atomic mass is 35.5. The molecule has 1 aliphatic heterocycles. The second-order valence-corrected chi connectivity index (χ2v) is 10.9. The average Bonchev–Trinajstić information content (AvgIpc) is 3.24. The van der Waals surface area contributed by atoms with Crippen LogP contribution in [0.4, 0.5) is 21.0 Å². The number of halogens is 2. The minimum atomic E-state index is -0.745. The average molecular weight is 586 g/mol. The molecule has 0 spiro atoms. The van der Waals surface area contributed by atoms with E-state index in [4.69, 9.17) is 39.0 Å². The van der Waals surface area contributed by atoms with Gasteiger partial charge in [-0.25, -0.2) is 9.37 Å². The Morgan fingerprint density at radius 3 is 2.78 bits per heavy atom. The summed E-state index contributed by atoms with van der Waals surface area (Å²) in [5, 5.41) is 10.9. The lowest BCUT2D eigenvalue weighted by Gasteiger charge is -2.30. The van der Waals surface area contributed by atoms with E-state index in [9.17, 15) is 5.26 Å². The van der Waals surface area contributed by atoms with E-state index in [1.807, 2.05) is 19.1 Å². The molecule has 6 rings (SSSR count). The zero-order chi connectivity index (χ0) is 29.0. The van der Waals surface area contributed by atoms with Crippen LogP contribution in [0.15, 0.2) is 36.5 Å². The summed E-state index contributed by atoms with van der Waals surface area (Å²) < 4.78 is 29.2. The molecule has 0 saturated carbocycles. The molecule has 2 unspecified atom stereocenters. The van der Waals surface area contributed by atoms with Gasteiger partial charge in [0.15, 0.2) is 17.4 Å². The van der Waals surface area contributed by atoms with Gasteiger partial charge in [0.1, 0.15) is 28.5 Å². The monoisotopic (exact) mass is 585 g/mol. The number of nitrogen functional groups attached to an aromatic ring is 2. The van der Waals surface area contributed by atoms with Gasteiger partial charge < -0.3 is 20.9 Å². The molecule has 0 fully saturated rings. The zero-order valence-electron chi connectivity index (χ0n) is 21.8. The van der Waals surface area contributed by atoms with Crippen molar-refractivity contribution >= 4 is 60.6 Å². The van der Waals surface area contributed by atoms with Gasteiger partial charge in [0.25, 0.3) is 0 Å². The van der Waals surface area contributed by atoms with Gasteiger partial charge in [0.2, 0.25) is 0 Å². The van der Waals surface area contributed by atoms with Gasteiger partial charge in [0, 0.05) is 27.9 Å². The van der Waals surface area contributed by atoms with E-state index in [0.29, 0.717) is 32.9 Å². The molecule has 4 heterocycles. The summed E-state index contributed by atoms with van der Waals surface area (Å²) in [6.45, 7) is 1.84. The summed E-state index contributed by atoms with van der Waals surface area (Å²) in [7, 11) is 1.38. The van der Waals surface area contributed by atoms with E-state index in [-0.39, 0.29) is 44.6 Å². The van der Waals surface area contributed by atoms with Gasteiger partial charge in [-0.05, 0) is 42.7 Å². The fraction of sp³-hybridized carbons (Fsp3) is 0.172. The summed E-state index contributed by atoms with van der Waals surface area (Å²) in [5.41, 5.74) is 13.5. The molecule has 41 heavy (non-hydrogen) atoms. The van der Waals surface area contributed by atoms with Gasteiger partial charge in [0.05, 0.1) is 29.1 Å².